The van der Waals surface area contributed by atoms with Crippen LogP contribution < -0.4 is 10.6 Å². The number of likely N-dealkylation sites (tertiary alicyclic amines) is 1. The van der Waals surface area contributed by atoms with Crippen molar-refractivity contribution < 1.29 is 27.6 Å². The molecule has 0 spiro atoms. The minimum Gasteiger partial charge on any atom is -0.343 e. The molecule has 1 rings (SSSR count). The number of alkyl halides is 3. The summed E-state index contributed by atoms with van der Waals surface area (Å²) in [4.78, 5) is 33.7. The molecule has 0 aromatic rings. The van der Waals surface area contributed by atoms with Gasteiger partial charge >= 0.3 is 12.1 Å². The van der Waals surface area contributed by atoms with Gasteiger partial charge in [0.25, 0.3) is 0 Å². The first-order valence-corrected chi connectivity index (χ1v) is 12.0. The number of hydrogen-bond donors (Lipinski definition) is 2. The van der Waals surface area contributed by atoms with Gasteiger partial charge in [-0.1, -0.05) is 61.3 Å². The summed E-state index contributed by atoms with van der Waals surface area (Å²) in [5, 5.41) is 11.9. The van der Waals surface area contributed by atoms with Crippen LogP contribution in [-0.4, -0.2) is 55.0 Å². The van der Waals surface area contributed by atoms with E-state index >= 15 is 0 Å². The topological polar surface area (TPSA) is 102 Å². The van der Waals surface area contributed by atoms with Crippen LogP contribution in [-0.2, 0) is 14.4 Å². The molecule has 1 atom stereocenters. The van der Waals surface area contributed by atoms with Crippen LogP contribution in [0.5, 0.6) is 0 Å². The summed E-state index contributed by atoms with van der Waals surface area (Å²) in [6.45, 7) is 16.8. The molecule has 1 fully saturated rings. The normalized spacial score (nSPS) is 14.6. The van der Waals surface area contributed by atoms with Gasteiger partial charge in [0.15, 0.2) is 0 Å². The third kappa shape index (κ3) is 18.2. The molecule has 1 aliphatic heterocycles. The lowest BCUT2D eigenvalue weighted by molar-refractivity contribution is -0.174. The Hall–Kier alpha value is -2.31. The number of nitrogens with one attached hydrogen (secondary N) is 2. The van der Waals surface area contributed by atoms with Crippen molar-refractivity contribution >= 4 is 18.2 Å². The van der Waals surface area contributed by atoms with E-state index in [1.807, 2.05) is 19.9 Å². The number of hydrogen-bond acceptors (Lipinski definition) is 4. The van der Waals surface area contributed by atoms with Gasteiger partial charge in [0.2, 0.25) is 12.3 Å². The highest BCUT2D eigenvalue weighted by molar-refractivity contribution is 5.87. The molecule has 200 valence electrons. The lowest BCUT2D eigenvalue weighted by Crippen LogP contribution is -2.44. The van der Waals surface area contributed by atoms with E-state index in [4.69, 9.17) is 5.26 Å². The standard InChI is InChI=1S/C14H23F3N2O2.C4H6N2O.C4H10.C2H6/c1-3-5-13(6-4-2)7-8-19(10-13)11(20)9-18-12(21)14(15,16)17;1-4(2-5)6-3-7;1-4(2)3;1-2/h3-10H2,1-2H3,(H,18,21);3-4H,1H3,(H,6,7);4H,1-3H3;1-2H3. The van der Waals surface area contributed by atoms with E-state index in [1.54, 1.807) is 17.1 Å². The summed E-state index contributed by atoms with van der Waals surface area (Å²) in [5.74, 6) is -1.68. The minimum atomic E-state index is -4.94. The average Bonchev–Trinajstić information content (AvgIpc) is 3.17. The molecule has 1 heterocycles. The Kier molecular flexibility index (Phi) is 21.4. The van der Waals surface area contributed by atoms with Crippen LogP contribution in [0.2, 0.25) is 0 Å². The van der Waals surface area contributed by atoms with Crippen molar-refractivity contribution in [2.75, 3.05) is 19.6 Å². The van der Waals surface area contributed by atoms with Gasteiger partial charge in [0.1, 0.15) is 6.04 Å². The number of nitrogens with zero attached hydrogens (tertiary/aromatic N) is 2. The maximum Gasteiger partial charge on any atom is 0.471 e. The molecule has 10 heteroatoms. The van der Waals surface area contributed by atoms with Crippen LogP contribution in [0.15, 0.2) is 0 Å². The first kappa shape index (κ1) is 36.3. The van der Waals surface area contributed by atoms with Gasteiger partial charge in [-0.25, -0.2) is 0 Å². The van der Waals surface area contributed by atoms with Crippen LogP contribution in [0.4, 0.5) is 13.2 Å². The summed E-state index contributed by atoms with van der Waals surface area (Å²) < 4.78 is 36.2. The highest BCUT2D eigenvalue weighted by Gasteiger charge is 2.40. The molecule has 0 aliphatic carbocycles. The summed E-state index contributed by atoms with van der Waals surface area (Å²) >= 11 is 0. The Morgan fingerprint density at radius 2 is 1.59 bits per heavy atom. The highest BCUT2D eigenvalue weighted by atomic mass is 19.4. The summed E-state index contributed by atoms with van der Waals surface area (Å²) in [6.07, 6.45) is 0.514. The zero-order valence-electron chi connectivity index (χ0n) is 22.1. The lowest BCUT2D eigenvalue weighted by Gasteiger charge is -2.28. The molecule has 0 saturated carbocycles. The molecule has 0 radical (unpaired) electrons. The zero-order valence-corrected chi connectivity index (χ0v) is 22.1. The number of carbonyl (C=O) groups is 3. The maximum absolute atomic E-state index is 12.1. The predicted molar refractivity (Wildman–Crippen MR) is 129 cm³/mol. The molecule has 0 aromatic carbocycles. The van der Waals surface area contributed by atoms with Crippen molar-refractivity contribution in [3.05, 3.63) is 0 Å². The molecule has 7 nitrogen and oxygen atoms in total. The SMILES string of the molecule is CC.CC(C#N)NC=O.CC(C)C.CCCC1(CCC)CCN(C(=O)CNC(=O)C(F)(F)F)C1. The smallest absolute Gasteiger partial charge is 0.343 e. The van der Waals surface area contributed by atoms with E-state index in [0.29, 0.717) is 19.5 Å². The molecule has 34 heavy (non-hydrogen) atoms. The highest BCUT2D eigenvalue weighted by Crippen LogP contribution is 2.39. The van der Waals surface area contributed by atoms with Gasteiger partial charge < -0.3 is 15.5 Å². The molecule has 1 saturated heterocycles. The molecule has 1 unspecified atom stereocenters. The Bertz CT molecular complexity index is 596. The van der Waals surface area contributed by atoms with Crippen LogP contribution in [0, 0.1) is 22.7 Å². The number of carbonyl (C=O) groups excluding carboxylic acids is 3. The minimum absolute atomic E-state index is 0.0905. The Labute approximate surface area is 203 Å². The molecular weight excluding hydrogens is 449 g/mol. The van der Waals surface area contributed by atoms with E-state index in [9.17, 15) is 27.6 Å². The zero-order chi connectivity index (χ0) is 27.4. The number of amides is 3. The quantitative estimate of drug-likeness (QED) is 0.473. The van der Waals surface area contributed by atoms with Crippen LogP contribution in [0.3, 0.4) is 0 Å². The van der Waals surface area contributed by atoms with Crippen molar-refractivity contribution in [2.45, 2.75) is 99.7 Å². The lowest BCUT2D eigenvalue weighted by atomic mass is 9.79. The fraction of sp³-hybridized carbons (Fsp3) is 0.833. The second-order valence-corrected chi connectivity index (χ2v) is 8.61. The van der Waals surface area contributed by atoms with E-state index < -0.39 is 24.5 Å². The van der Waals surface area contributed by atoms with Gasteiger partial charge in [-0.3, -0.25) is 14.4 Å². The molecule has 3 amide bonds. The average molecular weight is 495 g/mol. The first-order chi connectivity index (χ1) is 15.8. The summed E-state index contributed by atoms with van der Waals surface area (Å²) in [6, 6.07) is 1.46. The monoisotopic (exact) mass is 494 g/mol. The number of rotatable bonds is 8. The van der Waals surface area contributed by atoms with Crippen LogP contribution >= 0.6 is 0 Å². The summed E-state index contributed by atoms with van der Waals surface area (Å²) in [7, 11) is 0. The molecule has 0 bridgehead atoms. The molecule has 1 aliphatic rings. The second-order valence-electron chi connectivity index (χ2n) is 8.61. The Morgan fingerprint density at radius 3 is 1.91 bits per heavy atom. The van der Waals surface area contributed by atoms with E-state index in [-0.39, 0.29) is 11.5 Å². The van der Waals surface area contributed by atoms with Gasteiger partial charge in [0, 0.05) is 13.1 Å². The number of nitriles is 1. The Balaban J connectivity index is -0.000000610. The van der Waals surface area contributed by atoms with Gasteiger partial charge in [-0.15, -0.1) is 0 Å². The summed E-state index contributed by atoms with van der Waals surface area (Å²) in [5.41, 5.74) is 0.0905. The predicted octanol–water partition coefficient (Wildman–Crippen LogP) is 4.82. The molecule has 0 aromatic heterocycles. The van der Waals surface area contributed by atoms with Crippen LogP contribution in [0.1, 0.15) is 87.5 Å². The van der Waals surface area contributed by atoms with Gasteiger partial charge in [-0.2, -0.15) is 18.4 Å². The van der Waals surface area contributed by atoms with Crippen molar-refractivity contribution in [1.82, 2.24) is 15.5 Å². The third-order valence-corrected chi connectivity index (χ3v) is 4.52. The maximum atomic E-state index is 12.1. The fourth-order valence-corrected chi connectivity index (χ4v) is 3.25. The van der Waals surface area contributed by atoms with Crippen molar-refractivity contribution in [1.29, 1.82) is 5.26 Å². The Morgan fingerprint density at radius 1 is 1.12 bits per heavy atom. The van der Waals surface area contributed by atoms with E-state index in [1.165, 1.54) is 0 Å². The van der Waals surface area contributed by atoms with Gasteiger partial charge in [0.05, 0.1) is 12.6 Å². The molecular formula is C24H45F3N4O3. The third-order valence-electron chi connectivity index (χ3n) is 4.52. The largest absolute Gasteiger partial charge is 0.471 e. The fourth-order valence-electron chi connectivity index (χ4n) is 3.25. The van der Waals surface area contributed by atoms with Crippen molar-refractivity contribution in [2.24, 2.45) is 11.3 Å². The van der Waals surface area contributed by atoms with E-state index in [2.05, 4.69) is 39.9 Å². The van der Waals surface area contributed by atoms with Crippen molar-refractivity contribution in [3.63, 3.8) is 0 Å². The van der Waals surface area contributed by atoms with Gasteiger partial charge in [-0.05, 0) is 37.5 Å². The van der Waals surface area contributed by atoms with Crippen molar-refractivity contribution in [3.8, 4) is 6.07 Å². The van der Waals surface area contributed by atoms with Crippen LogP contribution in [0.25, 0.3) is 0 Å². The second kappa shape index (κ2) is 20.1. The van der Waals surface area contributed by atoms with E-state index in [0.717, 1.165) is 38.0 Å². The molecule has 2 N–H and O–H groups in total. The number of halogens is 3. The first-order valence-electron chi connectivity index (χ1n) is 12.0.